The first-order valence-electron chi connectivity index (χ1n) is 6.38. The topological polar surface area (TPSA) is 51.9 Å². The maximum atomic E-state index is 12.3. The van der Waals surface area contributed by atoms with Gasteiger partial charge in [-0.15, -0.1) is 0 Å². The van der Waals surface area contributed by atoms with E-state index in [0.29, 0.717) is 45.1 Å². The van der Waals surface area contributed by atoms with E-state index >= 15 is 0 Å². The number of hydrogen-bond donors (Lipinski definition) is 0. The molecule has 1 heterocycles. The van der Waals surface area contributed by atoms with Crippen LogP contribution in [0.25, 0.3) is 0 Å². The van der Waals surface area contributed by atoms with Gasteiger partial charge in [-0.3, -0.25) is 4.79 Å². The van der Waals surface area contributed by atoms with Gasteiger partial charge >= 0.3 is 0 Å². The van der Waals surface area contributed by atoms with Gasteiger partial charge in [-0.2, -0.15) is 0 Å². The Kier molecular flexibility index (Phi) is 7.55. The fourth-order valence-corrected chi connectivity index (χ4v) is 1.76. The Labute approximate surface area is 118 Å². The number of carbonyl (C=O) groups excluding carboxylic acids is 1. The number of nitrogens with zero attached hydrogens (tertiary/aromatic N) is 1. The molecule has 0 aromatic carbocycles. The van der Waals surface area contributed by atoms with E-state index in [1.54, 1.807) is 11.0 Å². The molecule has 0 unspecified atom stereocenters. The highest BCUT2D eigenvalue weighted by molar-refractivity contribution is 6.32. The molecule has 0 fully saturated rings. The lowest BCUT2D eigenvalue weighted by atomic mass is 10.3. The molecule has 0 aliphatic heterocycles. The van der Waals surface area contributed by atoms with Crippen LogP contribution in [0.15, 0.2) is 16.7 Å². The average molecular weight is 290 g/mol. The Bertz CT molecular complexity index is 370. The van der Waals surface area contributed by atoms with Crippen LogP contribution in [0.5, 0.6) is 0 Å². The minimum Gasteiger partial charge on any atom is -0.452 e. The molecular formula is C13H20ClNO4. The monoisotopic (exact) mass is 289 g/mol. The first kappa shape index (κ1) is 16.0. The number of furan rings is 1. The molecule has 0 atom stereocenters. The van der Waals surface area contributed by atoms with E-state index in [1.807, 2.05) is 13.8 Å². The van der Waals surface area contributed by atoms with Crippen molar-refractivity contribution in [2.24, 2.45) is 0 Å². The molecule has 0 saturated heterocycles. The predicted molar refractivity (Wildman–Crippen MR) is 72.6 cm³/mol. The van der Waals surface area contributed by atoms with Crippen LogP contribution in [-0.4, -0.2) is 50.3 Å². The summed E-state index contributed by atoms with van der Waals surface area (Å²) in [5, 5.41) is 0.114. The summed E-state index contributed by atoms with van der Waals surface area (Å²) in [6, 6.07) is 1.57. The summed E-state index contributed by atoms with van der Waals surface area (Å²) >= 11 is 5.82. The Balaban J connectivity index is 2.60. The van der Waals surface area contributed by atoms with E-state index < -0.39 is 0 Å². The second-order valence-corrected chi connectivity index (χ2v) is 4.14. The van der Waals surface area contributed by atoms with Gasteiger partial charge < -0.3 is 18.8 Å². The third-order valence-corrected chi connectivity index (χ3v) is 2.85. The molecule has 5 nitrogen and oxygen atoms in total. The Morgan fingerprint density at radius 3 is 2.26 bits per heavy atom. The minimum absolute atomic E-state index is 0.114. The van der Waals surface area contributed by atoms with Crippen LogP contribution in [0.1, 0.15) is 24.2 Å². The molecule has 19 heavy (non-hydrogen) atoms. The molecular weight excluding hydrogens is 270 g/mol. The molecule has 108 valence electrons. The van der Waals surface area contributed by atoms with E-state index in [1.165, 1.54) is 6.26 Å². The lowest BCUT2D eigenvalue weighted by Crippen LogP contribution is -2.36. The van der Waals surface area contributed by atoms with Crippen LogP contribution in [0, 0.1) is 0 Å². The van der Waals surface area contributed by atoms with Crippen LogP contribution < -0.4 is 0 Å². The van der Waals surface area contributed by atoms with Crippen molar-refractivity contribution in [2.75, 3.05) is 39.5 Å². The van der Waals surface area contributed by atoms with Crippen molar-refractivity contribution in [1.29, 1.82) is 0 Å². The Morgan fingerprint density at radius 1 is 1.26 bits per heavy atom. The standard InChI is InChI=1S/C13H20ClNO4/c1-3-17-9-6-15(7-10-18-4-2)13(16)11-5-8-19-12(11)14/h5,8H,3-4,6-7,9-10H2,1-2H3. The summed E-state index contributed by atoms with van der Waals surface area (Å²) in [6.45, 7) is 7.06. The van der Waals surface area contributed by atoms with Gasteiger partial charge in [0.25, 0.3) is 5.91 Å². The molecule has 6 heteroatoms. The van der Waals surface area contributed by atoms with E-state index in [4.69, 9.17) is 25.5 Å². The van der Waals surface area contributed by atoms with Crippen LogP contribution in [0.4, 0.5) is 0 Å². The second-order valence-electron chi connectivity index (χ2n) is 3.79. The number of rotatable bonds is 9. The third kappa shape index (κ3) is 5.22. The van der Waals surface area contributed by atoms with E-state index in [-0.39, 0.29) is 11.1 Å². The zero-order valence-corrected chi connectivity index (χ0v) is 12.1. The Morgan fingerprint density at radius 2 is 1.84 bits per heavy atom. The molecule has 0 aliphatic carbocycles. The minimum atomic E-state index is -0.168. The Hall–Kier alpha value is -1.04. The van der Waals surface area contributed by atoms with Crippen molar-refractivity contribution in [3.05, 3.63) is 23.1 Å². The van der Waals surface area contributed by atoms with Gasteiger partial charge in [-0.25, -0.2) is 0 Å². The van der Waals surface area contributed by atoms with Gasteiger partial charge in [0.15, 0.2) is 0 Å². The van der Waals surface area contributed by atoms with Gasteiger partial charge in [0.1, 0.15) is 0 Å². The molecule has 0 N–H and O–H groups in total. The second kappa shape index (κ2) is 8.96. The lowest BCUT2D eigenvalue weighted by molar-refractivity contribution is 0.0549. The van der Waals surface area contributed by atoms with Crippen molar-refractivity contribution >= 4 is 17.5 Å². The number of hydrogen-bond acceptors (Lipinski definition) is 4. The highest BCUT2D eigenvalue weighted by Crippen LogP contribution is 2.18. The SMILES string of the molecule is CCOCCN(CCOCC)C(=O)c1ccoc1Cl. The third-order valence-electron chi connectivity index (χ3n) is 2.55. The number of amides is 1. The van der Waals surface area contributed by atoms with Gasteiger partial charge in [-0.1, -0.05) is 0 Å². The molecule has 0 radical (unpaired) electrons. The average Bonchev–Trinajstić information content (AvgIpc) is 2.83. The van der Waals surface area contributed by atoms with Crippen molar-refractivity contribution in [2.45, 2.75) is 13.8 Å². The summed E-state index contributed by atoms with van der Waals surface area (Å²) in [7, 11) is 0. The van der Waals surface area contributed by atoms with Crippen LogP contribution >= 0.6 is 11.6 Å². The predicted octanol–water partition coefficient (Wildman–Crippen LogP) is 2.45. The highest BCUT2D eigenvalue weighted by Gasteiger charge is 2.20. The van der Waals surface area contributed by atoms with Gasteiger partial charge in [0.05, 0.1) is 25.0 Å². The maximum absolute atomic E-state index is 12.3. The number of ether oxygens (including phenoxy) is 2. The van der Waals surface area contributed by atoms with Crippen molar-refractivity contribution in [3.8, 4) is 0 Å². The first-order valence-corrected chi connectivity index (χ1v) is 6.76. The van der Waals surface area contributed by atoms with Gasteiger partial charge in [0.2, 0.25) is 5.22 Å². The molecule has 0 saturated carbocycles. The first-order chi connectivity index (χ1) is 9.20. The molecule has 1 rings (SSSR count). The number of halogens is 1. The smallest absolute Gasteiger partial charge is 0.258 e. The van der Waals surface area contributed by atoms with Crippen LogP contribution in [-0.2, 0) is 9.47 Å². The zero-order valence-electron chi connectivity index (χ0n) is 11.4. The van der Waals surface area contributed by atoms with Crippen LogP contribution in [0.3, 0.4) is 0 Å². The normalized spacial score (nSPS) is 10.7. The molecule has 1 aromatic heterocycles. The summed E-state index contributed by atoms with van der Waals surface area (Å²) in [5.41, 5.74) is 0.370. The summed E-state index contributed by atoms with van der Waals surface area (Å²) in [4.78, 5) is 13.9. The quantitative estimate of drug-likeness (QED) is 0.655. The largest absolute Gasteiger partial charge is 0.452 e. The van der Waals surface area contributed by atoms with Crippen molar-refractivity contribution in [3.63, 3.8) is 0 Å². The lowest BCUT2D eigenvalue weighted by Gasteiger charge is -2.22. The summed E-state index contributed by atoms with van der Waals surface area (Å²) in [5.74, 6) is -0.168. The van der Waals surface area contributed by atoms with E-state index in [0.717, 1.165) is 0 Å². The molecule has 1 amide bonds. The maximum Gasteiger partial charge on any atom is 0.258 e. The van der Waals surface area contributed by atoms with Gasteiger partial charge in [-0.05, 0) is 31.5 Å². The molecule has 0 bridgehead atoms. The van der Waals surface area contributed by atoms with Crippen molar-refractivity contribution in [1.82, 2.24) is 4.90 Å². The molecule has 0 spiro atoms. The van der Waals surface area contributed by atoms with Gasteiger partial charge in [0, 0.05) is 26.3 Å². The fourth-order valence-electron chi connectivity index (χ4n) is 1.57. The van der Waals surface area contributed by atoms with Crippen molar-refractivity contribution < 1.29 is 18.7 Å². The summed E-state index contributed by atoms with van der Waals surface area (Å²) < 4.78 is 15.5. The van der Waals surface area contributed by atoms with E-state index in [9.17, 15) is 4.79 Å². The van der Waals surface area contributed by atoms with E-state index in [2.05, 4.69) is 0 Å². The summed E-state index contributed by atoms with van der Waals surface area (Å²) in [6.07, 6.45) is 1.40. The highest BCUT2D eigenvalue weighted by atomic mass is 35.5. The molecule has 1 aromatic rings. The number of carbonyl (C=O) groups is 1. The fraction of sp³-hybridized carbons (Fsp3) is 0.615. The zero-order chi connectivity index (χ0) is 14.1. The van der Waals surface area contributed by atoms with Crippen LogP contribution in [0.2, 0.25) is 5.22 Å². The molecule has 0 aliphatic rings.